The normalized spacial score (nSPS) is 10.3. The van der Waals surface area contributed by atoms with E-state index in [4.69, 9.17) is 0 Å². The number of carbonyl (C=O) groups excluding carboxylic acids is 1. The molecule has 0 atom stereocenters. The number of aromatic amines is 1. The second kappa shape index (κ2) is 5.44. The molecular weight excluding hydrogens is 228 g/mol. The van der Waals surface area contributed by atoms with Crippen LogP contribution in [0.5, 0.6) is 0 Å². The SMILES string of the molecule is CCCc1nc(C(=O)N(C)c2ccccc2)n[nH]1. The lowest BCUT2D eigenvalue weighted by atomic mass is 10.3. The molecule has 0 bridgehead atoms. The molecule has 1 heterocycles. The summed E-state index contributed by atoms with van der Waals surface area (Å²) < 4.78 is 0. The Labute approximate surface area is 106 Å². The smallest absolute Gasteiger partial charge is 0.297 e. The molecule has 1 aromatic heterocycles. The average Bonchev–Trinajstić information content (AvgIpc) is 2.87. The quantitative estimate of drug-likeness (QED) is 0.895. The van der Waals surface area contributed by atoms with E-state index in [1.807, 2.05) is 30.3 Å². The molecular formula is C13H16N4O. The van der Waals surface area contributed by atoms with Crippen molar-refractivity contribution >= 4 is 11.6 Å². The molecule has 2 rings (SSSR count). The Bertz CT molecular complexity index is 521. The summed E-state index contributed by atoms with van der Waals surface area (Å²) in [6, 6.07) is 9.43. The highest BCUT2D eigenvalue weighted by Crippen LogP contribution is 2.13. The van der Waals surface area contributed by atoms with E-state index in [0.717, 1.165) is 24.4 Å². The van der Waals surface area contributed by atoms with E-state index in [9.17, 15) is 4.79 Å². The maximum absolute atomic E-state index is 12.1. The zero-order valence-corrected chi connectivity index (χ0v) is 10.6. The summed E-state index contributed by atoms with van der Waals surface area (Å²) in [6.45, 7) is 2.06. The molecule has 94 valence electrons. The summed E-state index contributed by atoms with van der Waals surface area (Å²) >= 11 is 0. The number of hydrogen-bond donors (Lipinski definition) is 1. The van der Waals surface area contributed by atoms with Gasteiger partial charge in [0, 0.05) is 19.2 Å². The van der Waals surface area contributed by atoms with Crippen LogP contribution in [0.15, 0.2) is 30.3 Å². The van der Waals surface area contributed by atoms with E-state index in [1.165, 1.54) is 0 Å². The predicted octanol–water partition coefficient (Wildman–Crippen LogP) is 2.03. The number of aromatic nitrogens is 3. The topological polar surface area (TPSA) is 61.9 Å². The summed E-state index contributed by atoms with van der Waals surface area (Å²) in [6.07, 6.45) is 1.77. The van der Waals surface area contributed by atoms with Crippen molar-refractivity contribution in [1.29, 1.82) is 0 Å². The highest BCUT2D eigenvalue weighted by Gasteiger charge is 2.17. The number of aryl methyl sites for hydroxylation is 1. The van der Waals surface area contributed by atoms with Gasteiger partial charge >= 0.3 is 0 Å². The van der Waals surface area contributed by atoms with Crippen LogP contribution in [0.3, 0.4) is 0 Å². The third-order valence-electron chi connectivity index (χ3n) is 2.66. The van der Waals surface area contributed by atoms with Gasteiger partial charge in [-0.2, -0.15) is 0 Å². The van der Waals surface area contributed by atoms with Gasteiger partial charge in [-0.15, -0.1) is 5.10 Å². The first-order valence-electron chi connectivity index (χ1n) is 5.96. The number of hydrogen-bond acceptors (Lipinski definition) is 3. The fourth-order valence-corrected chi connectivity index (χ4v) is 1.66. The number of rotatable bonds is 4. The number of H-pyrrole nitrogens is 1. The van der Waals surface area contributed by atoms with Crippen molar-refractivity contribution in [2.24, 2.45) is 0 Å². The first-order chi connectivity index (χ1) is 8.72. The molecule has 1 N–H and O–H groups in total. The number of para-hydroxylation sites is 1. The van der Waals surface area contributed by atoms with Gasteiger partial charge in [0.25, 0.3) is 5.91 Å². The molecule has 0 saturated heterocycles. The van der Waals surface area contributed by atoms with E-state index in [-0.39, 0.29) is 11.7 Å². The van der Waals surface area contributed by atoms with Crippen LogP contribution >= 0.6 is 0 Å². The van der Waals surface area contributed by atoms with Crippen molar-refractivity contribution in [2.75, 3.05) is 11.9 Å². The van der Waals surface area contributed by atoms with Crippen molar-refractivity contribution in [3.05, 3.63) is 42.0 Å². The minimum absolute atomic E-state index is 0.209. The number of amides is 1. The van der Waals surface area contributed by atoms with E-state index in [1.54, 1.807) is 11.9 Å². The molecule has 18 heavy (non-hydrogen) atoms. The fraction of sp³-hybridized carbons (Fsp3) is 0.308. The van der Waals surface area contributed by atoms with E-state index < -0.39 is 0 Å². The van der Waals surface area contributed by atoms with Crippen molar-refractivity contribution in [3.63, 3.8) is 0 Å². The lowest BCUT2D eigenvalue weighted by Crippen LogP contribution is -2.27. The Morgan fingerprint density at radius 1 is 1.33 bits per heavy atom. The molecule has 0 unspecified atom stereocenters. The molecule has 2 aromatic rings. The van der Waals surface area contributed by atoms with Gasteiger partial charge in [-0.25, -0.2) is 4.98 Å². The number of anilines is 1. The summed E-state index contributed by atoms with van der Waals surface area (Å²) in [5, 5.41) is 6.74. The van der Waals surface area contributed by atoms with Crippen molar-refractivity contribution < 1.29 is 4.79 Å². The average molecular weight is 244 g/mol. The van der Waals surface area contributed by atoms with Crippen molar-refractivity contribution in [2.45, 2.75) is 19.8 Å². The van der Waals surface area contributed by atoms with Gasteiger partial charge < -0.3 is 4.90 Å². The number of benzene rings is 1. The highest BCUT2D eigenvalue weighted by molar-refractivity contribution is 6.03. The van der Waals surface area contributed by atoms with Crippen LogP contribution < -0.4 is 4.90 Å². The van der Waals surface area contributed by atoms with Gasteiger partial charge in [-0.3, -0.25) is 9.89 Å². The largest absolute Gasteiger partial charge is 0.309 e. The number of nitrogens with zero attached hydrogens (tertiary/aromatic N) is 3. The minimum atomic E-state index is -0.209. The Morgan fingerprint density at radius 2 is 2.06 bits per heavy atom. The Hall–Kier alpha value is -2.17. The maximum Gasteiger partial charge on any atom is 0.297 e. The van der Waals surface area contributed by atoms with Crippen LogP contribution in [-0.2, 0) is 6.42 Å². The van der Waals surface area contributed by atoms with Crippen LogP contribution in [0.25, 0.3) is 0 Å². The van der Waals surface area contributed by atoms with Crippen LogP contribution in [0.1, 0.15) is 29.8 Å². The number of nitrogens with one attached hydrogen (secondary N) is 1. The second-order valence-corrected chi connectivity index (χ2v) is 4.06. The summed E-state index contributed by atoms with van der Waals surface area (Å²) in [4.78, 5) is 17.9. The highest BCUT2D eigenvalue weighted by atomic mass is 16.2. The van der Waals surface area contributed by atoms with Crippen molar-refractivity contribution in [3.8, 4) is 0 Å². The van der Waals surface area contributed by atoms with Gasteiger partial charge in [0.1, 0.15) is 5.82 Å². The molecule has 1 amide bonds. The summed E-state index contributed by atoms with van der Waals surface area (Å²) in [5.41, 5.74) is 0.823. The lowest BCUT2D eigenvalue weighted by molar-refractivity contribution is 0.0983. The summed E-state index contributed by atoms with van der Waals surface area (Å²) in [7, 11) is 1.72. The molecule has 1 aromatic carbocycles. The molecule has 0 saturated carbocycles. The first kappa shape index (κ1) is 12.3. The van der Waals surface area contributed by atoms with Crippen LogP contribution in [-0.4, -0.2) is 28.1 Å². The lowest BCUT2D eigenvalue weighted by Gasteiger charge is -2.14. The zero-order valence-electron chi connectivity index (χ0n) is 10.6. The Kier molecular flexibility index (Phi) is 3.72. The molecule has 5 nitrogen and oxygen atoms in total. The van der Waals surface area contributed by atoms with E-state index >= 15 is 0 Å². The molecule has 0 aliphatic heterocycles. The van der Waals surface area contributed by atoms with Crippen molar-refractivity contribution in [1.82, 2.24) is 15.2 Å². The fourth-order valence-electron chi connectivity index (χ4n) is 1.66. The first-order valence-corrected chi connectivity index (χ1v) is 5.96. The predicted molar refractivity (Wildman–Crippen MR) is 69.6 cm³/mol. The third-order valence-corrected chi connectivity index (χ3v) is 2.66. The molecule has 0 radical (unpaired) electrons. The maximum atomic E-state index is 12.1. The molecule has 0 aliphatic rings. The standard InChI is InChI=1S/C13H16N4O/c1-3-7-11-14-12(16-15-11)13(18)17(2)10-8-5-4-6-9-10/h4-6,8-9H,3,7H2,1-2H3,(H,14,15,16). The van der Waals surface area contributed by atoms with E-state index in [2.05, 4.69) is 22.1 Å². The molecule has 0 fully saturated rings. The van der Waals surface area contributed by atoms with Gasteiger partial charge in [-0.05, 0) is 18.6 Å². The monoisotopic (exact) mass is 244 g/mol. The van der Waals surface area contributed by atoms with E-state index in [0.29, 0.717) is 0 Å². The van der Waals surface area contributed by atoms with Crippen LogP contribution in [0, 0.1) is 0 Å². The third kappa shape index (κ3) is 2.56. The summed E-state index contributed by atoms with van der Waals surface area (Å²) in [5.74, 6) is 0.756. The van der Waals surface area contributed by atoms with Crippen LogP contribution in [0.2, 0.25) is 0 Å². The zero-order chi connectivity index (χ0) is 13.0. The van der Waals surface area contributed by atoms with Gasteiger partial charge in [0.05, 0.1) is 0 Å². The number of carbonyl (C=O) groups is 1. The Morgan fingerprint density at radius 3 is 2.72 bits per heavy atom. The molecule has 0 spiro atoms. The van der Waals surface area contributed by atoms with Crippen LogP contribution in [0.4, 0.5) is 5.69 Å². The van der Waals surface area contributed by atoms with Gasteiger partial charge in [0.2, 0.25) is 5.82 Å². The minimum Gasteiger partial charge on any atom is -0.309 e. The molecule has 0 aliphatic carbocycles. The molecule has 5 heteroatoms. The van der Waals surface area contributed by atoms with Gasteiger partial charge in [0.15, 0.2) is 0 Å². The Balaban J connectivity index is 2.15. The second-order valence-electron chi connectivity index (χ2n) is 4.06. The van der Waals surface area contributed by atoms with Gasteiger partial charge in [-0.1, -0.05) is 25.1 Å².